The first-order chi connectivity index (χ1) is 11.1. The number of rotatable bonds is 6. The maximum Gasteiger partial charge on any atom is 0.260 e. The molecule has 2 aromatic rings. The van der Waals surface area contributed by atoms with E-state index < -0.39 is 0 Å². The molecule has 0 aliphatic heterocycles. The summed E-state index contributed by atoms with van der Waals surface area (Å²) in [4.78, 5) is 25.1. The number of hydrogen-bond acceptors (Lipinski definition) is 3. The van der Waals surface area contributed by atoms with Crippen molar-refractivity contribution in [3.8, 4) is 5.75 Å². The normalized spacial score (nSPS) is 13.6. The third kappa shape index (κ3) is 4.22. The molecule has 2 amide bonds. The van der Waals surface area contributed by atoms with E-state index in [4.69, 9.17) is 4.74 Å². The zero-order chi connectivity index (χ0) is 16.2. The van der Waals surface area contributed by atoms with Gasteiger partial charge in [0.15, 0.2) is 6.61 Å². The third-order valence-corrected chi connectivity index (χ3v) is 3.83. The van der Waals surface area contributed by atoms with Crippen molar-refractivity contribution in [3.05, 3.63) is 42.5 Å². The molecule has 0 atom stereocenters. The lowest BCUT2D eigenvalue weighted by molar-refractivity contribution is -0.136. The summed E-state index contributed by atoms with van der Waals surface area (Å²) < 4.78 is 5.55. The van der Waals surface area contributed by atoms with Gasteiger partial charge >= 0.3 is 0 Å². The van der Waals surface area contributed by atoms with Crippen molar-refractivity contribution in [1.82, 2.24) is 10.2 Å². The van der Waals surface area contributed by atoms with E-state index in [1.807, 2.05) is 42.5 Å². The summed E-state index contributed by atoms with van der Waals surface area (Å²) in [6.07, 6.45) is 2.07. The van der Waals surface area contributed by atoms with Gasteiger partial charge < -0.3 is 15.0 Å². The Kier molecular flexibility index (Phi) is 4.46. The fourth-order valence-electron chi connectivity index (χ4n) is 2.32. The van der Waals surface area contributed by atoms with Crippen LogP contribution in [0.2, 0.25) is 0 Å². The van der Waals surface area contributed by atoms with Crippen molar-refractivity contribution in [2.75, 3.05) is 20.2 Å². The van der Waals surface area contributed by atoms with E-state index in [-0.39, 0.29) is 25.0 Å². The van der Waals surface area contributed by atoms with Crippen LogP contribution < -0.4 is 10.1 Å². The number of carbonyl (C=O) groups is 2. The van der Waals surface area contributed by atoms with Gasteiger partial charge in [0.1, 0.15) is 5.75 Å². The summed E-state index contributed by atoms with van der Waals surface area (Å²) >= 11 is 0. The van der Waals surface area contributed by atoms with Gasteiger partial charge in [-0.2, -0.15) is 0 Å². The number of hydrogen-bond donors (Lipinski definition) is 1. The Bertz CT molecular complexity index is 725. The fraction of sp³-hybridized carbons (Fsp3) is 0.333. The molecule has 1 aliphatic rings. The van der Waals surface area contributed by atoms with Gasteiger partial charge in [-0.3, -0.25) is 9.59 Å². The maximum atomic E-state index is 12.0. The summed E-state index contributed by atoms with van der Waals surface area (Å²) in [5.41, 5.74) is 0. The van der Waals surface area contributed by atoms with Gasteiger partial charge in [0.25, 0.3) is 5.91 Å². The third-order valence-electron chi connectivity index (χ3n) is 3.83. The zero-order valence-electron chi connectivity index (χ0n) is 13.1. The van der Waals surface area contributed by atoms with Crippen molar-refractivity contribution < 1.29 is 14.3 Å². The molecule has 0 radical (unpaired) electrons. The number of benzene rings is 2. The first-order valence-electron chi connectivity index (χ1n) is 7.77. The number of ether oxygens (including phenoxy) is 1. The molecule has 0 aromatic heterocycles. The Morgan fingerprint density at radius 2 is 1.91 bits per heavy atom. The van der Waals surface area contributed by atoms with Gasteiger partial charge in [-0.05, 0) is 35.7 Å². The molecule has 1 saturated carbocycles. The predicted molar refractivity (Wildman–Crippen MR) is 88.2 cm³/mol. The summed E-state index contributed by atoms with van der Waals surface area (Å²) in [7, 11) is 1.61. The maximum absolute atomic E-state index is 12.0. The molecule has 0 saturated heterocycles. The number of amides is 2. The van der Waals surface area contributed by atoms with Gasteiger partial charge in [-0.25, -0.2) is 0 Å². The van der Waals surface area contributed by atoms with Gasteiger partial charge in [-0.1, -0.05) is 30.3 Å². The standard InChI is InChI=1S/C18H20N2O3/c1-20(11-17(21)19-15-7-8-15)18(22)12-23-16-9-6-13-4-2-3-5-14(13)10-16/h2-6,9-10,15H,7-8,11-12H2,1H3,(H,19,21). The van der Waals surface area contributed by atoms with Crippen LogP contribution >= 0.6 is 0 Å². The van der Waals surface area contributed by atoms with Crippen molar-refractivity contribution >= 4 is 22.6 Å². The molecule has 23 heavy (non-hydrogen) atoms. The fourth-order valence-corrected chi connectivity index (χ4v) is 2.32. The molecule has 0 heterocycles. The second-order valence-electron chi connectivity index (χ2n) is 5.89. The van der Waals surface area contributed by atoms with E-state index in [0.717, 1.165) is 23.6 Å². The minimum atomic E-state index is -0.218. The molecule has 1 N–H and O–H groups in total. The van der Waals surface area contributed by atoms with Gasteiger partial charge in [-0.15, -0.1) is 0 Å². The average Bonchev–Trinajstić information content (AvgIpc) is 3.36. The molecule has 5 heteroatoms. The summed E-state index contributed by atoms with van der Waals surface area (Å²) in [6.45, 7) is -0.0119. The number of likely N-dealkylation sites (N-methyl/N-ethyl adjacent to an activating group) is 1. The van der Waals surface area contributed by atoms with Gasteiger partial charge in [0, 0.05) is 13.1 Å². The molecule has 2 aromatic carbocycles. The van der Waals surface area contributed by atoms with Crippen LogP contribution in [0.3, 0.4) is 0 Å². The molecular formula is C18H20N2O3. The van der Waals surface area contributed by atoms with Crippen molar-refractivity contribution in [2.45, 2.75) is 18.9 Å². The molecule has 3 rings (SSSR count). The number of carbonyl (C=O) groups excluding carboxylic acids is 2. The minimum Gasteiger partial charge on any atom is -0.484 e. The monoisotopic (exact) mass is 312 g/mol. The van der Waals surface area contributed by atoms with E-state index >= 15 is 0 Å². The first-order valence-corrected chi connectivity index (χ1v) is 7.77. The van der Waals surface area contributed by atoms with Gasteiger partial charge in [0.2, 0.25) is 5.91 Å². The van der Waals surface area contributed by atoms with E-state index in [1.165, 1.54) is 4.90 Å². The Morgan fingerprint density at radius 1 is 1.17 bits per heavy atom. The van der Waals surface area contributed by atoms with E-state index in [9.17, 15) is 9.59 Å². The Labute approximate surface area is 135 Å². The molecule has 120 valence electrons. The van der Waals surface area contributed by atoms with Crippen LogP contribution in [0.1, 0.15) is 12.8 Å². The molecule has 0 spiro atoms. The number of nitrogens with zero attached hydrogens (tertiary/aromatic N) is 1. The highest BCUT2D eigenvalue weighted by Crippen LogP contribution is 2.20. The summed E-state index contributed by atoms with van der Waals surface area (Å²) in [6, 6.07) is 14.0. The molecular weight excluding hydrogens is 292 g/mol. The molecule has 0 bridgehead atoms. The topological polar surface area (TPSA) is 58.6 Å². The highest BCUT2D eigenvalue weighted by atomic mass is 16.5. The van der Waals surface area contributed by atoms with Crippen LogP contribution in [0, 0.1) is 0 Å². The second kappa shape index (κ2) is 6.69. The Hall–Kier alpha value is -2.56. The van der Waals surface area contributed by atoms with Crippen LogP contribution in [-0.4, -0.2) is 43.0 Å². The predicted octanol–water partition coefficient (Wildman–Crippen LogP) is 1.96. The van der Waals surface area contributed by atoms with Crippen LogP contribution in [0.25, 0.3) is 10.8 Å². The number of nitrogens with one attached hydrogen (secondary N) is 1. The van der Waals surface area contributed by atoms with Crippen LogP contribution in [0.15, 0.2) is 42.5 Å². The van der Waals surface area contributed by atoms with E-state index in [0.29, 0.717) is 11.8 Å². The summed E-state index contributed by atoms with van der Waals surface area (Å²) in [5, 5.41) is 5.05. The summed E-state index contributed by atoms with van der Waals surface area (Å²) in [5.74, 6) is 0.311. The second-order valence-corrected chi connectivity index (χ2v) is 5.89. The highest BCUT2D eigenvalue weighted by molar-refractivity contribution is 5.86. The van der Waals surface area contributed by atoms with Crippen LogP contribution in [0.5, 0.6) is 5.75 Å². The first kappa shape index (κ1) is 15.3. The van der Waals surface area contributed by atoms with Crippen molar-refractivity contribution in [3.63, 3.8) is 0 Å². The number of fused-ring (bicyclic) bond motifs is 1. The Balaban J connectivity index is 1.51. The smallest absolute Gasteiger partial charge is 0.260 e. The van der Waals surface area contributed by atoms with Crippen molar-refractivity contribution in [2.24, 2.45) is 0 Å². The lowest BCUT2D eigenvalue weighted by atomic mass is 10.1. The van der Waals surface area contributed by atoms with E-state index in [2.05, 4.69) is 5.32 Å². The largest absolute Gasteiger partial charge is 0.484 e. The Morgan fingerprint density at radius 3 is 2.65 bits per heavy atom. The SMILES string of the molecule is CN(CC(=O)NC1CC1)C(=O)COc1ccc2ccccc2c1. The lowest BCUT2D eigenvalue weighted by Gasteiger charge is -2.17. The zero-order valence-corrected chi connectivity index (χ0v) is 13.1. The lowest BCUT2D eigenvalue weighted by Crippen LogP contribution is -2.40. The average molecular weight is 312 g/mol. The molecule has 5 nitrogen and oxygen atoms in total. The van der Waals surface area contributed by atoms with Crippen molar-refractivity contribution in [1.29, 1.82) is 0 Å². The molecule has 0 unspecified atom stereocenters. The van der Waals surface area contributed by atoms with Crippen LogP contribution in [0.4, 0.5) is 0 Å². The van der Waals surface area contributed by atoms with E-state index in [1.54, 1.807) is 7.05 Å². The molecule has 1 aliphatic carbocycles. The van der Waals surface area contributed by atoms with Crippen LogP contribution in [-0.2, 0) is 9.59 Å². The quantitative estimate of drug-likeness (QED) is 0.887. The highest BCUT2D eigenvalue weighted by Gasteiger charge is 2.24. The minimum absolute atomic E-state index is 0.0659. The van der Waals surface area contributed by atoms with Gasteiger partial charge in [0.05, 0.1) is 6.54 Å². The molecule has 1 fully saturated rings.